The molecule has 0 saturated carbocycles. The predicted octanol–water partition coefficient (Wildman–Crippen LogP) is 4.47. The highest BCUT2D eigenvalue weighted by Crippen LogP contribution is 2.44. The largest absolute Gasteiger partial charge is 0.368 e. The third-order valence-corrected chi connectivity index (χ3v) is 8.84. The zero-order valence-electron chi connectivity index (χ0n) is 20.2. The van der Waals surface area contributed by atoms with Crippen LogP contribution in [-0.4, -0.2) is 63.4 Å². The van der Waals surface area contributed by atoms with Gasteiger partial charge in [-0.25, -0.2) is 17.5 Å². The Labute approximate surface area is 217 Å². The second-order valence-electron chi connectivity index (χ2n) is 9.23. The Morgan fingerprint density at radius 1 is 0.833 bits per heavy atom. The highest BCUT2D eigenvalue weighted by atomic mass is 35.5. The van der Waals surface area contributed by atoms with Crippen molar-refractivity contribution < 1.29 is 13.2 Å². The number of hydrogen-bond acceptors (Lipinski definition) is 5. The standard InChI is InChI=1S/C27H29ClN4O3S/c1-29-14-16-30(17-15-29)24-18-23(28)19-25-26(24)36(34,35)32(13-12-21-8-4-2-5-9-21)27(33)31(25)20-22-10-6-3-7-11-22/h2-11,18-19H,12-17,20H2,1H3. The Kier molecular flexibility index (Phi) is 6.92. The van der Waals surface area contributed by atoms with Gasteiger partial charge in [-0.3, -0.25) is 4.90 Å². The fourth-order valence-corrected chi connectivity index (χ4v) is 6.72. The Hall–Kier alpha value is -3.07. The molecule has 1 fully saturated rings. The van der Waals surface area contributed by atoms with Crippen molar-refractivity contribution in [3.63, 3.8) is 0 Å². The molecule has 0 atom stereocenters. The predicted molar refractivity (Wildman–Crippen MR) is 143 cm³/mol. The molecular weight excluding hydrogens is 496 g/mol. The Morgan fingerprint density at radius 2 is 1.42 bits per heavy atom. The number of urea groups is 1. The van der Waals surface area contributed by atoms with Crippen LogP contribution in [0.4, 0.5) is 16.2 Å². The normalized spacial score (nSPS) is 17.8. The Bertz CT molecular complexity index is 1340. The molecule has 188 valence electrons. The van der Waals surface area contributed by atoms with E-state index in [2.05, 4.69) is 9.80 Å². The Balaban J connectivity index is 1.61. The second kappa shape index (κ2) is 10.1. The van der Waals surface area contributed by atoms with Crippen LogP contribution in [0.25, 0.3) is 0 Å². The van der Waals surface area contributed by atoms with Crippen LogP contribution < -0.4 is 9.80 Å². The Morgan fingerprint density at radius 3 is 2.06 bits per heavy atom. The number of hydrogen-bond donors (Lipinski definition) is 0. The van der Waals surface area contributed by atoms with Crippen LogP contribution in [0.3, 0.4) is 0 Å². The molecule has 0 N–H and O–H groups in total. The molecule has 0 aromatic heterocycles. The van der Waals surface area contributed by atoms with Crippen molar-refractivity contribution in [2.24, 2.45) is 0 Å². The number of rotatable bonds is 6. The number of fused-ring (bicyclic) bond motifs is 1. The molecule has 2 amide bonds. The highest BCUT2D eigenvalue weighted by molar-refractivity contribution is 7.90. The monoisotopic (exact) mass is 524 g/mol. The summed E-state index contributed by atoms with van der Waals surface area (Å²) in [7, 11) is -2.06. The van der Waals surface area contributed by atoms with Crippen molar-refractivity contribution >= 4 is 39.0 Å². The van der Waals surface area contributed by atoms with Gasteiger partial charge in [-0.2, -0.15) is 0 Å². The van der Waals surface area contributed by atoms with Crippen LogP contribution in [0.5, 0.6) is 0 Å². The minimum Gasteiger partial charge on any atom is -0.368 e. The smallest absolute Gasteiger partial charge is 0.338 e. The maximum atomic E-state index is 14.1. The van der Waals surface area contributed by atoms with Gasteiger partial charge in [0, 0.05) is 37.7 Å². The van der Waals surface area contributed by atoms with Gasteiger partial charge in [0.05, 0.1) is 17.9 Å². The summed E-state index contributed by atoms with van der Waals surface area (Å²) in [4.78, 5) is 19.7. The summed E-state index contributed by atoms with van der Waals surface area (Å²) in [5, 5.41) is 0.404. The van der Waals surface area contributed by atoms with Crippen LogP contribution in [0.1, 0.15) is 11.1 Å². The summed E-state index contributed by atoms with van der Waals surface area (Å²) in [6.07, 6.45) is 0.428. The number of halogens is 1. The maximum Gasteiger partial charge on any atom is 0.338 e. The minimum absolute atomic E-state index is 0.0563. The van der Waals surface area contributed by atoms with Crippen molar-refractivity contribution in [2.45, 2.75) is 17.9 Å². The fourth-order valence-electron chi connectivity index (χ4n) is 4.77. The number of carbonyl (C=O) groups is 1. The number of sulfonamides is 1. The number of anilines is 2. The van der Waals surface area contributed by atoms with Gasteiger partial charge >= 0.3 is 6.03 Å². The zero-order chi connectivity index (χ0) is 25.3. The average Bonchev–Trinajstić information content (AvgIpc) is 2.87. The van der Waals surface area contributed by atoms with E-state index in [1.54, 1.807) is 17.0 Å². The fraction of sp³-hybridized carbons (Fsp3) is 0.296. The number of likely N-dealkylation sites (N-methyl/N-ethyl adjacent to an activating group) is 1. The first-order valence-corrected chi connectivity index (χ1v) is 13.9. The number of nitrogens with zero attached hydrogens (tertiary/aromatic N) is 4. The van der Waals surface area contributed by atoms with Crippen LogP contribution in [0.15, 0.2) is 77.7 Å². The van der Waals surface area contributed by atoms with Gasteiger partial charge in [-0.15, -0.1) is 0 Å². The molecular formula is C27H29ClN4O3S. The van der Waals surface area contributed by atoms with Crippen molar-refractivity contribution in [2.75, 3.05) is 49.6 Å². The first-order chi connectivity index (χ1) is 17.3. The lowest BCUT2D eigenvalue weighted by Gasteiger charge is -2.40. The van der Waals surface area contributed by atoms with E-state index in [0.29, 0.717) is 35.9 Å². The molecule has 2 aliphatic heterocycles. The number of benzene rings is 3. The molecule has 3 aromatic rings. The van der Waals surface area contributed by atoms with Gasteiger partial charge in [0.25, 0.3) is 10.0 Å². The maximum absolute atomic E-state index is 14.1. The lowest BCUT2D eigenvalue weighted by atomic mass is 10.1. The average molecular weight is 525 g/mol. The molecule has 0 bridgehead atoms. The molecule has 2 aliphatic rings. The van der Waals surface area contributed by atoms with E-state index < -0.39 is 16.1 Å². The molecule has 36 heavy (non-hydrogen) atoms. The first kappa shape index (κ1) is 24.6. The molecule has 0 radical (unpaired) electrons. The van der Waals surface area contributed by atoms with E-state index >= 15 is 0 Å². The number of amides is 2. The summed E-state index contributed by atoms with van der Waals surface area (Å²) >= 11 is 6.53. The molecule has 3 aromatic carbocycles. The quantitative estimate of drug-likeness (QED) is 0.476. The van der Waals surface area contributed by atoms with E-state index in [-0.39, 0.29) is 18.0 Å². The van der Waals surface area contributed by atoms with E-state index in [9.17, 15) is 13.2 Å². The molecule has 0 unspecified atom stereocenters. The zero-order valence-corrected chi connectivity index (χ0v) is 21.8. The highest BCUT2D eigenvalue weighted by Gasteiger charge is 2.44. The summed E-state index contributed by atoms with van der Waals surface area (Å²) in [6, 6.07) is 21.9. The molecule has 0 spiro atoms. The molecule has 7 nitrogen and oxygen atoms in total. The molecule has 0 aliphatic carbocycles. The molecule has 9 heteroatoms. The lowest BCUT2D eigenvalue weighted by molar-refractivity contribution is 0.227. The van der Waals surface area contributed by atoms with Crippen LogP contribution in [-0.2, 0) is 23.0 Å². The second-order valence-corrected chi connectivity index (χ2v) is 11.5. The SMILES string of the molecule is CN1CCN(c2cc(Cl)cc3c2S(=O)(=O)N(CCc2ccccc2)C(=O)N3Cc2ccccc2)CC1. The third-order valence-electron chi connectivity index (χ3n) is 6.77. The van der Waals surface area contributed by atoms with E-state index in [1.807, 2.05) is 67.7 Å². The number of carbonyl (C=O) groups excluding carboxylic acids is 1. The van der Waals surface area contributed by atoms with Crippen molar-refractivity contribution in [3.8, 4) is 0 Å². The van der Waals surface area contributed by atoms with Crippen molar-refractivity contribution in [1.29, 1.82) is 0 Å². The van der Waals surface area contributed by atoms with Crippen LogP contribution in [0, 0.1) is 0 Å². The summed E-state index contributed by atoms with van der Waals surface area (Å²) in [5.41, 5.74) is 2.76. The molecule has 1 saturated heterocycles. The van der Waals surface area contributed by atoms with Gasteiger partial charge < -0.3 is 9.80 Å². The lowest BCUT2D eigenvalue weighted by Crippen LogP contribution is -2.52. The third kappa shape index (κ3) is 4.81. The van der Waals surface area contributed by atoms with Gasteiger partial charge in [0.15, 0.2) is 0 Å². The summed E-state index contributed by atoms with van der Waals surface area (Å²) < 4.78 is 29.2. The van der Waals surface area contributed by atoms with Crippen molar-refractivity contribution in [1.82, 2.24) is 9.21 Å². The van der Waals surface area contributed by atoms with E-state index in [0.717, 1.165) is 28.5 Å². The minimum atomic E-state index is -4.11. The number of piperazine rings is 1. The molecule has 5 rings (SSSR count). The first-order valence-electron chi connectivity index (χ1n) is 12.0. The summed E-state index contributed by atoms with van der Waals surface area (Å²) in [5.74, 6) is 0. The van der Waals surface area contributed by atoms with E-state index in [1.165, 1.54) is 0 Å². The molecule has 2 heterocycles. The van der Waals surface area contributed by atoms with Gasteiger partial charge in [-0.05, 0) is 36.7 Å². The van der Waals surface area contributed by atoms with Gasteiger partial charge in [0.2, 0.25) is 0 Å². The summed E-state index contributed by atoms with van der Waals surface area (Å²) in [6.45, 7) is 3.27. The van der Waals surface area contributed by atoms with Crippen LogP contribution >= 0.6 is 11.6 Å². The van der Waals surface area contributed by atoms with Crippen LogP contribution in [0.2, 0.25) is 5.02 Å². The topological polar surface area (TPSA) is 64.2 Å². The van der Waals surface area contributed by atoms with Gasteiger partial charge in [-0.1, -0.05) is 72.3 Å². The van der Waals surface area contributed by atoms with E-state index in [4.69, 9.17) is 11.6 Å². The van der Waals surface area contributed by atoms with Crippen molar-refractivity contribution in [3.05, 3.63) is 88.9 Å². The van der Waals surface area contributed by atoms with Gasteiger partial charge in [0.1, 0.15) is 4.90 Å².